The molecule has 0 atom stereocenters. The highest BCUT2D eigenvalue weighted by Crippen LogP contribution is 2.53. The van der Waals surface area contributed by atoms with E-state index in [0.717, 1.165) is 18.7 Å². The van der Waals surface area contributed by atoms with E-state index in [-0.39, 0.29) is 0 Å². The number of aryl methyl sites for hydroxylation is 1. The maximum absolute atomic E-state index is 5.68. The largest absolute Gasteiger partial charge is 0.496 e. The van der Waals surface area contributed by atoms with Gasteiger partial charge in [-0.05, 0) is 38.3 Å². The number of ether oxygens (including phenoxy) is 1. The molecule has 0 heterocycles. The van der Waals surface area contributed by atoms with Crippen LogP contribution in [0.15, 0.2) is 18.2 Å². The van der Waals surface area contributed by atoms with Gasteiger partial charge in [0.2, 0.25) is 0 Å². The summed E-state index contributed by atoms with van der Waals surface area (Å²) < 4.78 is 5.51. The summed E-state index contributed by atoms with van der Waals surface area (Å²) in [5, 5.41) is 0. The van der Waals surface area contributed by atoms with Crippen molar-refractivity contribution in [3.63, 3.8) is 0 Å². The lowest BCUT2D eigenvalue weighted by molar-refractivity contribution is 0.399. The van der Waals surface area contributed by atoms with Crippen molar-refractivity contribution in [2.24, 2.45) is 5.73 Å². The Morgan fingerprint density at radius 3 is 2.67 bits per heavy atom. The monoisotopic (exact) mass is 205 g/mol. The van der Waals surface area contributed by atoms with Crippen LogP contribution in [0.25, 0.3) is 0 Å². The molecule has 82 valence electrons. The van der Waals surface area contributed by atoms with Gasteiger partial charge in [-0.15, -0.1) is 0 Å². The van der Waals surface area contributed by atoms with E-state index in [1.807, 2.05) is 0 Å². The van der Waals surface area contributed by atoms with Crippen molar-refractivity contribution in [3.8, 4) is 5.75 Å². The van der Waals surface area contributed by atoms with Gasteiger partial charge >= 0.3 is 0 Å². The summed E-state index contributed by atoms with van der Waals surface area (Å²) in [4.78, 5) is 0. The Hall–Kier alpha value is -1.02. The van der Waals surface area contributed by atoms with Crippen LogP contribution < -0.4 is 10.5 Å². The summed E-state index contributed by atoms with van der Waals surface area (Å²) in [6, 6.07) is 6.40. The van der Waals surface area contributed by atoms with Crippen molar-refractivity contribution in [2.45, 2.75) is 31.6 Å². The first kappa shape index (κ1) is 10.5. The van der Waals surface area contributed by atoms with Crippen molar-refractivity contribution in [1.29, 1.82) is 0 Å². The average Bonchev–Trinajstić information content (AvgIpc) is 2.99. The highest BCUT2D eigenvalue weighted by Gasteiger charge is 2.45. The van der Waals surface area contributed by atoms with Crippen LogP contribution in [0.5, 0.6) is 5.75 Å². The zero-order chi connectivity index (χ0) is 10.9. The van der Waals surface area contributed by atoms with E-state index in [1.165, 1.54) is 24.0 Å². The molecule has 15 heavy (non-hydrogen) atoms. The van der Waals surface area contributed by atoms with Gasteiger partial charge in [0.05, 0.1) is 7.11 Å². The first-order valence-electron chi connectivity index (χ1n) is 5.58. The van der Waals surface area contributed by atoms with Gasteiger partial charge in [-0.2, -0.15) is 0 Å². The zero-order valence-corrected chi connectivity index (χ0v) is 9.55. The van der Waals surface area contributed by atoms with Crippen molar-refractivity contribution in [1.82, 2.24) is 0 Å². The van der Waals surface area contributed by atoms with Gasteiger partial charge in [-0.1, -0.05) is 18.2 Å². The molecule has 1 aliphatic rings. The van der Waals surface area contributed by atoms with E-state index in [9.17, 15) is 0 Å². The van der Waals surface area contributed by atoms with Gasteiger partial charge in [-0.25, -0.2) is 0 Å². The molecule has 0 unspecified atom stereocenters. The minimum atomic E-state index is 0.326. The van der Waals surface area contributed by atoms with Crippen molar-refractivity contribution in [3.05, 3.63) is 29.3 Å². The molecule has 0 aliphatic heterocycles. The van der Waals surface area contributed by atoms with E-state index >= 15 is 0 Å². The minimum absolute atomic E-state index is 0.326. The molecule has 1 aliphatic carbocycles. The Bertz CT molecular complexity index is 356. The third kappa shape index (κ3) is 1.74. The maximum atomic E-state index is 5.68. The van der Waals surface area contributed by atoms with Crippen LogP contribution >= 0.6 is 0 Å². The summed E-state index contributed by atoms with van der Waals surface area (Å²) in [6.07, 6.45) is 3.58. The first-order chi connectivity index (χ1) is 7.23. The second kappa shape index (κ2) is 3.86. The zero-order valence-electron chi connectivity index (χ0n) is 9.55. The van der Waals surface area contributed by atoms with E-state index in [1.54, 1.807) is 7.11 Å². The lowest BCUT2D eigenvalue weighted by atomic mass is 9.90. The van der Waals surface area contributed by atoms with Gasteiger partial charge in [0.15, 0.2) is 0 Å². The summed E-state index contributed by atoms with van der Waals surface area (Å²) in [7, 11) is 1.75. The van der Waals surface area contributed by atoms with Gasteiger partial charge in [0.25, 0.3) is 0 Å². The van der Waals surface area contributed by atoms with Crippen LogP contribution in [0, 0.1) is 6.92 Å². The normalized spacial score (nSPS) is 17.5. The SMILES string of the molecule is COc1c(C)cccc1C1(CCN)CC1. The Labute approximate surface area is 91.4 Å². The molecule has 0 saturated heterocycles. The molecule has 0 amide bonds. The number of rotatable bonds is 4. The molecule has 1 aromatic carbocycles. The van der Waals surface area contributed by atoms with E-state index < -0.39 is 0 Å². The predicted molar refractivity (Wildman–Crippen MR) is 62.3 cm³/mol. The Morgan fingerprint density at radius 1 is 1.40 bits per heavy atom. The molecule has 1 fully saturated rings. The Kier molecular flexibility index (Phi) is 2.70. The first-order valence-corrected chi connectivity index (χ1v) is 5.58. The number of benzene rings is 1. The highest BCUT2D eigenvalue weighted by atomic mass is 16.5. The molecule has 1 saturated carbocycles. The topological polar surface area (TPSA) is 35.2 Å². The fourth-order valence-corrected chi connectivity index (χ4v) is 2.42. The molecule has 0 spiro atoms. The van der Waals surface area contributed by atoms with E-state index in [0.29, 0.717) is 5.41 Å². The minimum Gasteiger partial charge on any atom is -0.496 e. The summed E-state index contributed by atoms with van der Waals surface area (Å²) in [6.45, 7) is 2.86. The molecule has 2 rings (SSSR count). The smallest absolute Gasteiger partial charge is 0.125 e. The summed E-state index contributed by atoms with van der Waals surface area (Å²) >= 11 is 0. The Morgan fingerprint density at radius 2 is 2.13 bits per heavy atom. The number of hydrogen-bond acceptors (Lipinski definition) is 2. The summed E-state index contributed by atoms with van der Waals surface area (Å²) in [5.41, 5.74) is 8.58. The van der Waals surface area contributed by atoms with Gasteiger partial charge in [-0.3, -0.25) is 0 Å². The lowest BCUT2D eigenvalue weighted by Gasteiger charge is -2.19. The number of methoxy groups -OCH3 is 1. The third-order valence-electron chi connectivity index (χ3n) is 3.46. The number of nitrogens with two attached hydrogens (primary N) is 1. The molecule has 1 aromatic rings. The van der Waals surface area contributed by atoms with Crippen molar-refractivity contribution >= 4 is 0 Å². The van der Waals surface area contributed by atoms with Crippen molar-refractivity contribution in [2.75, 3.05) is 13.7 Å². The third-order valence-corrected chi connectivity index (χ3v) is 3.46. The predicted octanol–water partition coefficient (Wildman–Crippen LogP) is 2.38. The average molecular weight is 205 g/mol. The van der Waals surface area contributed by atoms with Gasteiger partial charge in [0.1, 0.15) is 5.75 Å². The molecule has 0 bridgehead atoms. The standard InChI is InChI=1S/C13H19NO/c1-10-4-3-5-11(12(10)15-2)13(6-7-13)8-9-14/h3-5H,6-9,14H2,1-2H3. The molecule has 0 radical (unpaired) electrons. The van der Waals surface area contributed by atoms with Crippen LogP contribution in [0.4, 0.5) is 0 Å². The number of hydrogen-bond donors (Lipinski definition) is 1. The van der Waals surface area contributed by atoms with Crippen LogP contribution in [0.2, 0.25) is 0 Å². The molecule has 2 heteroatoms. The van der Waals surface area contributed by atoms with Crippen molar-refractivity contribution < 1.29 is 4.74 Å². The molecule has 2 N–H and O–H groups in total. The fraction of sp³-hybridized carbons (Fsp3) is 0.538. The quantitative estimate of drug-likeness (QED) is 0.819. The fourth-order valence-electron chi connectivity index (χ4n) is 2.42. The van der Waals surface area contributed by atoms with Gasteiger partial charge < -0.3 is 10.5 Å². The molecule has 0 aromatic heterocycles. The van der Waals surface area contributed by atoms with E-state index in [2.05, 4.69) is 25.1 Å². The van der Waals surface area contributed by atoms with Crippen LogP contribution in [-0.4, -0.2) is 13.7 Å². The van der Waals surface area contributed by atoms with Crippen LogP contribution in [-0.2, 0) is 5.41 Å². The van der Waals surface area contributed by atoms with Gasteiger partial charge in [0, 0.05) is 11.0 Å². The Balaban J connectivity index is 2.39. The van der Waals surface area contributed by atoms with Crippen LogP contribution in [0.3, 0.4) is 0 Å². The lowest BCUT2D eigenvalue weighted by Crippen LogP contribution is -2.14. The van der Waals surface area contributed by atoms with Crippen LogP contribution in [0.1, 0.15) is 30.4 Å². The second-order valence-corrected chi connectivity index (χ2v) is 4.47. The second-order valence-electron chi connectivity index (χ2n) is 4.47. The van der Waals surface area contributed by atoms with E-state index in [4.69, 9.17) is 10.5 Å². The molecular weight excluding hydrogens is 186 g/mol. The highest BCUT2D eigenvalue weighted by molar-refractivity contribution is 5.47. The number of para-hydroxylation sites is 1. The summed E-state index contributed by atoms with van der Waals surface area (Å²) in [5.74, 6) is 1.06. The maximum Gasteiger partial charge on any atom is 0.125 e. The molecular formula is C13H19NO. The molecule has 2 nitrogen and oxygen atoms in total.